The smallest absolute Gasteiger partial charge is 0.310 e. The van der Waals surface area contributed by atoms with Gasteiger partial charge in [0.05, 0.1) is 35.8 Å². The Kier molecular flexibility index (Phi) is 8.49. The molecule has 4 rings (SSSR count). The molecule has 1 aromatic carbocycles. The van der Waals surface area contributed by atoms with Crippen LogP contribution in [0.2, 0.25) is 0 Å². The van der Waals surface area contributed by atoms with Gasteiger partial charge in [-0.05, 0) is 45.1 Å². The molecule has 1 aromatic rings. The van der Waals surface area contributed by atoms with Crippen molar-refractivity contribution in [3.8, 4) is 0 Å². The molecule has 8 heteroatoms. The van der Waals surface area contributed by atoms with Gasteiger partial charge in [0.15, 0.2) is 0 Å². The van der Waals surface area contributed by atoms with Gasteiger partial charge in [-0.1, -0.05) is 42.5 Å². The SMILES string of the molecule is C=CCCCOC(=O)[C@@H]1[C@H]2C(=O)N([C@H](CO)c3ccccc3)C(C(=O)N(CC=C)C(C)C)C23CC[C@H]1S3. The number of rotatable bonds is 12. The Hall–Kier alpha value is -2.58. The molecule has 2 unspecified atom stereocenters. The van der Waals surface area contributed by atoms with Crippen LogP contribution in [-0.2, 0) is 19.1 Å². The average molecular weight is 527 g/mol. The van der Waals surface area contributed by atoms with Crippen LogP contribution in [0.3, 0.4) is 0 Å². The highest BCUT2D eigenvalue weighted by molar-refractivity contribution is 8.02. The van der Waals surface area contributed by atoms with E-state index in [1.165, 1.54) is 0 Å². The van der Waals surface area contributed by atoms with Crippen molar-refractivity contribution >= 4 is 29.5 Å². The van der Waals surface area contributed by atoms with Gasteiger partial charge in [0, 0.05) is 17.8 Å². The third kappa shape index (κ3) is 4.74. The highest BCUT2D eigenvalue weighted by Gasteiger charge is 2.75. The summed E-state index contributed by atoms with van der Waals surface area (Å²) in [6.45, 7) is 11.7. The van der Waals surface area contributed by atoms with Crippen molar-refractivity contribution in [3.05, 3.63) is 61.2 Å². The first-order valence-electron chi connectivity index (χ1n) is 13.2. The second-order valence-corrected chi connectivity index (χ2v) is 12.0. The number of thioether (sulfide) groups is 1. The van der Waals surface area contributed by atoms with E-state index >= 15 is 0 Å². The largest absolute Gasteiger partial charge is 0.465 e. The third-order valence-electron chi connectivity index (χ3n) is 7.97. The number of aliphatic hydroxyl groups is 1. The summed E-state index contributed by atoms with van der Waals surface area (Å²) in [4.78, 5) is 45.2. The minimum atomic E-state index is -0.793. The molecule has 0 aromatic heterocycles. The van der Waals surface area contributed by atoms with E-state index in [2.05, 4.69) is 13.2 Å². The van der Waals surface area contributed by atoms with Gasteiger partial charge in [-0.2, -0.15) is 0 Å². The van der Waals surface area contributed by atoms with Gasteiger partial charge < -0.3 is 19.6 Å². The number of benzene rings is 1. The van der Waals surface area contributed by atoms with Crippen LogP contribution in [0.15, 0.2) is 55.6 Å². The molecule has 6 atom stereocenters. The maximum atomic E-state index is 14.3. The van der Waals surface area contributed by atoms with Crippen LogP contribution < -0.4 is 0 Å². The zero-order chi connectivity index (χ0) is 26.7. The quantitative estimate of drug-likeness (QED) is 0.254. The molecule has 1 spiro atoms. The van der Waals surface area contributed by atoms with Gasteiger partial charge in [-0.3, -0.25) is 14.4 Å². The lowest BCUT2D eigenvalue weighted by Gasteiger charge is -2.40. The van der Waals surface area contributed by atoms with Crippen molar-refractivity contribution in [2.75, 3.05) is 19.8 Å². The number of fused-ring (bicyclic) bond motifs is 1. The maximum Gasteiger partial charge on any atom is 0.310 e. The number of hydrogen-bond donors (Lipinski definition) is 1. The van der Waals surface area contributed by atoms with Gasteiger partial charge in [0.2, 0.25) is 11.8 Å². The number of nitrogens with zero attached hydrogens (tertiary/aromatic N) is 2. The number of amides is 2. The zero-order valence-electron chi connectivity index (χ0n) is 21.8. The number of carbonyl (C=O) groups excluding carboxylic acids is 3. The lowest BCUT2D eigenvalue weighted by Crippen LogP contribution is -2.57. The van der Waals surface area contributed by atoms with Crippen molar-refractivity contribution < 1.29 is 24.2 Å². The van der Waals surface area contributed by atoms with Gasteiger partial charge in [-0.15, -0.1) is 24.9 Å². The number of ether oxygens (including phenoxy) is 1. The summed E-state index contributed by atoms with van der Waals surface area (Å²) < 4.78 is 4.90. The Morgan fingerprint density at radius 2 is 2.00 bits per heavy atom. The summed E-state index contributed by atoms with van der Waals surface area (Å²) in [6, 6.07) is 7.73. The van der Waals surface area contributed by atoms with E-state index in [9.17, 15) is 19.5 Å². The first kappa shape index (κ1) is 27.5. The molecule has 0 radical (unpaired) electrons. The molecule has 2 amide bonds. The molecule has 3 aliphatic rings. The molecule has 0 aliphatic carbocycles. The molecule has 3 heterocycles. The Morgan fingerprint density at radius 1 is 1.27 bits per heavy atom. The summed E-state index contributed by atoms with van der Waals surface area (Å²) in [7, 11) is 0. The van der Waals surface area contributed by atoms with Crippen molar-refractivity contribution in [1.29, 1.82) is 0 Å². The van der Waals surface area contributed by atoms with E-state index in [4.69, 9.17) is 4.74 Å². The average Bonchev–Trinajstić information content (AvgIpc) is 3.53. The Bertz CT molecular complexity index is 1030. The van der Waals surface area contributed by atoms with Crippen LogP contribution >= 0.6 is 11.8 Å². The van der Waals surface area contributed by atoms with Crippen LogP contribution in [0.1, 0.15) is 51.1 Å². The Morgan fingerprint density at radius 3 is 2.62 bits per heavy atom. The van der Waals surface area contributed by atoms with Crippen LogP contribution in [0.25, 0.3) is 0 Å². The number of carbonyl (C=O) groups is 3. The standard InChI is InChI=1S/C29H38N2O5S/c1-5-7-11-17-36-28(35)23-22-14-15-29(37-22)24(23)26(33)31(21(18-32)20-12-9-8-10-13-20)25(29)27(34)30(16-6-2)19(3)4/h5-6,8-10,12-13,19,21-25,32H,1-2,7,11,14-18H2,3-4H3/t21-,22-,23+,24+,25?,29?/m1/s1. The topological polar surface area (TPSA) is 87.1 Å². The number of allylic oxidation sites excluding steroid dienone is 1. The van der Waals surface area contributed by atoms with E-state index in [1.54, 1.807) is 33.7 Å². The normalized spacial score (nSPS) is 28.8. The predicted molar refractivity (Wildman–Crippen MR) is 145 cm³/mol. The van der Waals surface area contributed by atoms with Crippen molar-refractivity contribution in [2.45, 2.75) is 67.7 Å². The third-order valence-corrected chi connectivity index (χ3v) is 9.92. The second-order valence-electron chi connectivity index (χ2n) is 10.4. The minimum Gasteiger partial charge on any atom is -0.465 e. The molecule has 3 saturated heterocycles. The summed E-state index contributed by atoms with van der Waals surface area (Å²) in [5.41, 5.74) is 0.760. The summed E-state index contributed by atoms with van der Waals surface area (Å²) in [5, 5.41) is 10.5. The molecule has 200 valence electrons. The maximum absolute atomic E-state index is 14.3. The van der Waals surface area contributed by atoms with E-state index in [-0.39, 0.29) is 42.3 Å². The molecule has 3 fully saturated rings. The lowest BCUT2D eigenvalue weighted by molar-refractivity contribution is -0.154. The van der Waals surface area contributed by atoms with Crippen LogP contribution in [0.4, 0.5) is 0 Å². The molecule has 37 heavy (non-hydrogen) atoms. The van der Waals surface area contributed by atoms with Gasteiger partial charge in [0.25, 0.3) is 0 Å². The fourth-order valence-electron chi connectivity index (χ4n) is 6.35. The highest BCUT2D eigenvalue weighted by atomic mass is 32.2. The van der Waals surface area contributed by atoms with E-state index in [0.29, 0.717) is 19.4 Å². The molecule has 2 bridgehead atoms. The van der Waals surface area contributed by atoms with E-state index in [0.717, 1.165) is 18.4 Å². The summed E-state index contributed by atoms with van der Waals surface area (Å²) >= 11 is 1.61. The Balaban J connectivity index is 1.76. The molecule has 3 aliphatic heterocycles. The van der Waals surface area contributed by atoms with Gasteiger partial charge in [0.1, 0.15) is 6.04 Å². The summed E-state index contributed by atoms with van der Waals surface area (Å²) in [5.74, 6) is -2.02. The monoisotopic (exact) mass is 526 g/mol. The summed E-state index contributed by atoms with van der Waals surface area (Å²) in [6.07, 6.45) is 6.32. The lowest BCUT2D eigenvalue weighted by atomic mass is 9.71. The minimum absolute atomic E-state index is 0.0606. The Labute approximate surface area is 223 Å². The van der Waals surface area contributed by atoms with Crippen LogP contribution in [-0.4, -0.2) is 74.5 Å². The van der Waals surface area contributed by atoms with E-state index < -0.39 is 28.7 Å². The first-order valence-corrected chi connectivity index (χ1v) is 14.0. The predicted octanol–water partition coefficient (Wildman–Crippen LogP) is 3.74. The highest BCUT2D eigenvalue weighted by Crippen LogP contribution is 2.67. The second kappa shape index (κ2) is 11.4. The van der Waals surface area contributed by atoms with E-state index in [1.807, 2.05) is 44.2 Å². The van der Waals surface area contributed by atoms with Crippen molar-refractivity contribution in [3.63, 3.8) is 0 Å². The molecular weight excluding hydrogens is 488 g/mol. The molecule has 1 N–H and O–H groups in total. The van der Waals surface area contributed by atoms with Gasteiger partial charge >= 0.3 is 5.97 Å². The fourth-order valence-corrected chi connectivity index (χ4v) is 8.54. The number of likely N-dealkylation sites (tertiary alicyclic amines) is 1. The molecule has 7 nitrogen and oxygen atoms in total. The van der Waals surface area contributed by atoms with Crippen LogP contribution in [0, 0.1) is 11.8 Å². The molecule has 0 saturated carbocycles. The first-order chi connectivity index (χ1) is 17.8. The molecular formula is C29H38N2O5S. The number of unbranched alkanes of at least 4 members (excludes halogenated alkanes) is 1. The number of esters is 1. The number of aliphatic hydroxyl groups excluding tert-OH is 1. The van der Waals surface area contributed by atoms with Crippen molar-refractivity contribution in [2.24, 2.45) is 11.8 Å². The zero-order valence-corrected chi connectivity index (χ0v) is 22.6. The number of hydrogen-bond acceptors (Lipinski definition) is 6. The fraction of sp³-hybridized carbons (Fsp3) is 0.552. The van der Waals surface area contributed by atoms with Crippen molar-refractivity contribution in [1.82, 2.24) is 9.80 Å². The van der Waals surface area contributed by atoms with Crippen LogP contribution in [0.5, 0.6) is 0 Å². The van der Waals surface area contributed by atoms with Gasteiger partial charge in [-0.25, -0.2) is 0 Å².